The molecule has 0 aromatic carbocycles. The Morgan fingerprint density at radius 2 is 2.09 bits per heavy atom. The molecule has 1 saturated heterocycles. The van der Waals surface area contributed by atoms with Crippen molar-refractivity contribution in [3.63, 3.8) is 0 Å². The number of nitrogens with zero attached hydrogens (tertiary/aromatic N) is 5. The number of rotatable bonds is 3. The summed E-state index contributed by atoms with van der Waals surface area (Å²) in [7, 11) is 1.92. The second-order valence-electron chi connectivity index (χ2n) is 6.48. The molecule has 0 radical (unpaired) electrons. The van der Waals surface area contributed by atoms with Crippen LogP contribution >= 0.6 is 11.3 Å². The molecule has 23 heavy (non-hydrogen) atoms. The van der Waals surface area contributed by atoms with Crippen LogP contribution in [-0.4, -0.2) is 51.8 Å². The molecule has 6 nitrogen and oxygen atoms in total. The molecule has 2 fully saturated rings. The molecule has 1 amide bonds. The first kappa shape index (κ1) is 14.7. The summed E-state index contributed by atoms with van der Waals surface area (Å²) < 4.78 is 1.81. The lowest BCUT2D eigenvalue weighted by Gasteiger charge is -2.34. The number of thiazole rings is 1. The molecule has 3 heterocycles. The second kappa shape index (κ2) is 5.63. The van der Waals surface area contributed by atoms with Crippen molar-refractivity contribution in [1.82, 2.24) is 19.7 Å². The second-order valence-corrected chi connectivity index (χ2v) is 7.32. The zero-order valence-electron chi connectivity index (χ0n) is 13.5. The maximum atomic E-state index is 12.7. The average Bonchev–Trinajstić information content (AvgIpc) is 3.05. The average molecular weight is 331 g/mol. The van der Waals surface area contributed by atoms with Gasteiger partial charge in [-0.05, 0) is 24.8 Å². The molecule has 7 heteroatoms. The van der Waals surface area contributed by atoms with Crippen LogP contribution in [0.1, 0.15) is 23.6 Å². The molecule has 0 spiro atoms. The van der Waals surface area contributed by atoms with Crippen molar-refractivity contribution in [3.05, 3.63) is 29.0 Å². The molecule has 2 aromatic rings. The van der Waals surface area contributed by atoms with Crippen molar-refractivity contribution in [2.45, 2.75) is 19.3 Å². The number of aromatic nitrogens is 3. The minimum absolute atomic E-state index is 0.160. The maximum Gasteiger partial charge on any atom is 0.226 e. The van der Waals surface area contributed by atoms with Gasteiger partial charge in [0, 0.05) is 50.7 Å². The Morgan fingerprint density at radius 1 is 1.30 bits per heavy atom. The monoisotopic (exact) mass is 331 g/mol. The Balaban J connectivity index is 1.33. The van der Waals surface area contributed by atoms with E-state index in [2.05, 4.69) is 20.4 Å². The predicted octanol–water partition coefficient (Wildman–Crippen LogP) is 1.64. The number of piperazine rings is 1. The third-order valence-electron chi connectivity index (χ3n) is 4.73. The van der Waals surface area contributed by atoms with Gasteiger partial charge < -0.3 is 9.80 Å². The Bertz CT molecular complexity index is 716. The van der Waals surface area contributed by atoms with E-state index in [1.165, 1.54) is 5.56 Å². The van der Waals surface area contributed by atoms with Gasteiger partial charge in [0.25, 0.3) is 0 Å². The predicted molar refractivity (Wildman–Crippen MR) is 89.7 cm³/mol. The fraction of sp³-hybridized carbons (Fsp3) is 0.562. The number of anilines is 1. The number of amides is 1. The van der Waals surface area contributed by atoms with E-state index in [-0.39, 0.29) is 5.92 Å². The van der Waals surface area contributed by atoms with E-state index in [9.17, 15) is 4.79 Å². The highest BCUT2D eigenvalue weighted by atomic mass is 32.1. The fourth-order valence-electron chi connectivity index (χ4n) is 3.31. The number of hydrogen-bond donors (Lipinski definition) is 0. The molecule has 1 aliphatic heterocycles. The van der Waals surface area contributed by atoms with Crippen LogP contribution in [0, 0.1) is 12.8 Å². The molecule has 4 rings (SSSR count). The van der Waals surface area contributed by atoms with E-state index < -0.39 is 0 Å². The normalized spacial score (nSPS) is 24.1. The summed E-state index contributed by atoms with van der Waals surface area (Å²) in [4.78, 5) is 21.5. The highest BCUT2D eigenvalue weighted by Gasteiger charge is 2.46. The zero-order valence-corrected chi connectivity index (χ0v) is 14.3. The van der Waals surface area contributed by atoms with E-state index in [4.69, 9.17) is 0 Å². The summed E-state index contributed by atoms with van der Waals surface area (Å²) in [6.45, 7) is 5.37. The van der Waals surface area contributed by atoms with Crippen molar-refractivity contribution in [2.24, 2.45) is 13.0 Å². The van der Waals surface area contributed by atoms with Gasteiger partial charge in [-0.3, -0.25) is 9.48 Å². The Labute approximate surface area is 139 Å². The SMILES string of the molecule is Cc1csc(N2CCN(C(=O)[C@@H]3C[C@@H]3c3cnn(C)c3)CC2)n1. The quantitative estimate of drug-likeness (QED) is 0.858. The summed E-state index contributed by atoms with van der Waals surface area (Å²) in [6, 6.07) is 0. The van der Waals surface area contributed by atoms with Crippen LogP contribution in [0.3, 0.4) is 0 Å². The van der Waals surface area contributed by atoms with Gasteiger partial charge in [0.15, 0.2) is 5.13 Å². The van der Waals surface area contributed by atoms with Crippen LogP contribution < -0.4 is 4.90 Å². The lowest BCUT2D eigenvalue weighted by molar-refractivity contribution is -0.132. The summed E-state index contributed by atoms with van der Waals surface area (Å²) in [5, 5.41) is 7.37. The van der Waals surface area contributed by atoms with Crippen molar-refractivity contribution in [3.8, 4) is 0 Å². The van der Waals surface area contributed by atoms with Gasteiger partial charge in [-0.1, -0.05) is 0 Å². The molecule has 0 bridgehead atoms. The molecular weight excluding hydrogens is 310 g/mol. The lowest BCUT2D eigenvalue weighted by atomic mass is 10.2. The first-order valence-corrected chi connectivity index (χ1v) is 8.94. The summed E-state index contributed by atoms with van der Waals surface area (Å²) >= 11 is 1.69. The minimum Gasteiger partial charge on any atom is -0.345 e. The molecule has 0 N–H and O–H groups in total. The van der Waals surface area contributed by atoms with Crippen LogP contribution in [-0.2, 0) is 11.8 Å². The summed E-state index contributed by atoms with van der Waals surface area (Å²) in [5.74, 6) is 0.845. The van der Waals surface area contributed by atoms with Crippen molar-refractivity contribution < 1.29 is 4.79 Å². The van der Waals surface area contributed by atoms with Crippen LogP contribution in [0.25, 0.3) is 0 Å². The van der Waals surface area contributed by atoms with Crippen molar-refractivity contribution >= 4 is 22.4 Å². The van der Waals surface area contributed by atoms with Gasteiger partial charge in [-0.2, -0.15) is 5.10 Å². The molecule has 122 valence electrons. The van der Waals surface area contributed by atoms with E-state index in [1.54, 1.807) is 11.3 Å². The fourth-order valence-corrected chi connectivity index (χ4v) is 4.16. The van der Waals surface area contributed by atoms with Gasteiger partial charge >= 0.3 is 0 Å². The van der Waals surface area contributed by atoms with Crippen LogP contribution in [0.4, 0.5) is 5.13 Å². The zero-order chi connectivity index (χ0) is 16.0. The molecule has 2 atom stereocenters. The van der Waals surface area contributed by atoms with Crippen LogP contribution in [0.5, 0.6) is 0 Å². The van der Waals surface area contributed by atoms with Crippen molar-refractivity contribution in [2.75, 3.05) is 31.1 Å². The van der Waals surface area contributed by atoms with Crippen LogP contribution in [0.2, 0.25) is 0 Å². The summed E-state index contributed by atoms with van der Waals surface area (Å²) in [5.41, 5.74) is 2.27. The number of carbonyl (C=O) groups excluding carboxylic acids is 1. The van der Waals surface area contributed by atoms with Gasteiger partial charge in [-0.15, -0.1) is 11.3 Å². The van der Waals surface area contributed by atoms with E-state index in [0.29, 0.717) is 11.8 Å². The van der Waals surface area contributed by atoms with Gasteiger partial charge in [0.05, 0.1) is 11.9 Å². The largest absolute Gasteiger partial charge is 0.345 e. The highest BCUT2D eigenvalue weighted by molar-refractivity contribution is 7.13. The number of aryl methyl sites for hydroxylation is 2. The van der Waals surface area contributed by atoms with Crippen LogP contribution in [0.15, 0.2) is 17.8 Å². The minimum atomic E-state index is 0.160. The first-order valence-electron chi connectivity index (χ1n) is 8.06. The molecule has 1 saturated carbocycles. The standard InChI is InChI=1S/C16H21N5OS/c1-11-10-23-16(18-11)21-5-3-20(4-6-21)15(22)14-7-13(14)12-8-17-19(2)9-12/h8-10,13-14H,3-7H2,1-2H3/t13-,14-/m1/s1. The number of carbonyl (C=O) groups is 1. The molecule has 0 unspecified atom stereocenters. The Morgan fingerprint density at radius 3 is 2.70 bits per heavy atom. The van der Waals surface area contributed by atoms with E-state index in [1.807, 2.05) is 35.9 Å². The molecule has 1 aliphatic carbocycles. The first-order chi connectivity index (χ1) is 11.1. The Kier molecular flexibility index (Phi) is 3.60. The van der Waals surface area contributed by atoms with E-state index in [0.717, 1.165) is 43.4 Å². The smallest absolute Gasteiger partial charge is 0.226 e. The summed E-state index contributed by atoms with van der Waals surface area (Å²) in [6.07, 6.45) is 4.89. The highest BCUT2D eigenvalue weighted by Crippen LogP contribution is 2.48. The third-order valence-corrected chi connectivity index (χ3v) is 5.75. The van der Waals surface area contributed by atoms with Gasteiger partial charge in [0.2, 0.25) is 5.91 Å². The molecule has 2 aromatic heterocycles. The lowest BCUT2D eigenvalue weighted by Crippen LogP contribution is -2.49. The topological polar surface area (TPSA) is 54.3 Å². The van der Waals surface area contributed by atoms with Crippen molar-refractivity contribution in [1.29, 1.82) is 0 Å². The van der Waals surface area contributed by atoms with Gasteiger partial charge in [0.1, 0.15) is 0 Å². The number of hydrogen-bond acceptors (Lipinski definition) is 5. The Hall–Kier alpha value is -1.89. The maximum absolute atomic E-state index is 12.7. The molecular formula is C16H21N5OS. The van der Waals surface area contributed by atoms with Gasteiger partial charge in [-0.25, -0.2) is 4.98 Å². The third kappa shape index (κ3) is 2.85. The van der Waals surface area contributed by atoms with E-state index >= 15 is 0 Å². The molecule has 2 aliphatic rings.